The minimum Gasteiger partial charge on any atom is -0.508 e. The number of phenolic OH excluding ortho intramolecular Hbond substituents is 1. The minimum atomic E-state index is -1.53. The third kappa shape index (κ3) is 23.3. The number of carbonyl (C=O) groups excluding carboxylic acids is 10. The fourth-order valence-corrected chi connectivity index (χ4v) is 17.0. The molecule has 1 aliphatic rings. The highest BCUT2D eigenvalue weighted by Gasteiger charge is 2.40. The average molecular weight is 1560 g/mol. The highest BCUT2D eigenvalue weighted by molar-refractivity contribution is 8.76. The third-order valence-corrected chi connectivity index (χ3v) is 22.9. The van der Waals surface area contributed by atoms with Gasteiger partial charge in [-0.2, -0.15) is 0 Å². The maximum Gasteiger partial charge on any atom is 0.407 e. The van der Waals surface area contributed by atoms with E-state index in [0.29, 0.717) is 28.7 Å². The fourth-order valence-electron chi connectivity index (χ4n) is 13.2. The largest absolute Gasteiger partial charge is 0.508 e. The van der Waals surface area contributed by atoms with Gasteiger partial charge in [-0.15, -0.1) is 11.8 Å². The van der Waals surface area contributed by atoms with Gasteiger partial charge in [0.2, 0.25) is 53.2 Å². The van der Waals surface area contributed by atoms with E-state index in [1.807, 2.05) is 109 Å². The Labute approximate surface area is 657 Å². The second-order valence-electron chi connectivity index (χ2n) is 28.7. The second-order valence-corrected chi connectivity index (χ2v) is 32.5. The highest BCUT2D eigenvalue weighted by Crippen LogP contribution is 2.48. The molecule has 1 aliphatic heterocycles. The van der Waals surface area contributed by atoms with Gasteiger partial charge < -0.3 is 73.4 Å². The van der Waals surface area contributed by atoms with Crippen LogP contribution < -0.4 is 53.6 Å². The lowest BCUT2D eigenvalue weighted by Crippen LogP contribution is -2.62. The Morgan fingerprint density at radius 1 is 0.559 bits per heavy atom. The molecule has 3 heterocycles. The van der Waals surface area contributed by atoms with Crippen molar-refractivity contribution in [2.75, 3.05) is 23.8 Å². The van der Waals surface area contributed by atoms with Gasteiger partial charge in [0.05, 0.1) is 4.75 Å². The molecule has 14 N–H and O–H groups in total. The molecule has 27 heteroatoms. The SMILES string of the molecule is CC(C)[C@@H]1NC(=O)[C@H](CCCCNC(=O)OC(C)(C)C)NC(=O)[C@@H](Cc2c[nH]c3ccccc23)NC(=O)[C@H](Cc2ccc(O)cc2)NC(=O)[C@@H](NC(=O)[C@@H](Cc2ccccc2)NC(=O)CCSC(c2ccccc2)(c2ccccc2)c2ccccc2)CSSC[C@@H](C(=O)N[C@@H](Cc2c[nH]c3ccccc23)C(N)=O)NC1=O. The Balaban J connectivity index is 0.997. The van der Waals surface area contributed by atoms with Crippen molar-refractivity contribution in [1.82, 2.24) is 57.8 Å². The molecule has 0 saturated carbocycles. The van der Waals surface area contributed by atoms with Crippen LogP contribution in [0.15, 0.2) is 207 Å². The zero-order valence-corrected chi connectivity index (χ0v) is 65.0. The number of carbonyl (C=O) groups is 10. The number of hydrogen-bond donors (Lipinski definition) is 13. The lowest BCUT2D eigenvalue weighted by Gasteiger charge is -2.35. The van der Waals surface area contributed by atoms with Gasteiger partial charge in [-0.05, 0) is 109 Å². The topological polar surface area (TPSA) is 366 Å². The monoisotopic (exact) mass is 1560 g/mol. The van der Waals surface area contributed by atoms with Crippen molar-refractivity contribution in [3.05, 3.63) is 245 Å². The van der Waals surface area contributed by atoms with Crippen LogP contribution in [-0.2, 0) is 78.3 Å². The molecule has 0 spiro atoms. The number of rotatable bonds is 27. The van der Waals surface area contributed by atoms with Crippen LogP contribution >= 0.6 is 33.3 Å². The lowest BCUT2D eigenvalue weighted by atomic mass is 9.84. The summed E-state index contributed by atoms with van der Waals surface area (Å²) in [6.45, 7) is 8.65. The van der Waals surface area contributed by atoms with Gasteiger partial charge in [0.25, 0.3) is 0 Å². The summed E-state index contributed by atoms with van der Waals surface area (Å²) in [5.41, 5.74) is 12.1. The van der Waals surface area contributed by atoms with Crippen LogP contribution in [-0.4, -0.2) is 152 Å². The van der Waals surface area contributed by atoms with E-state index in [9.17, 15) is 24.3 Å². The summed E-state index contributed by atoms with van der Waals surface area (Å²) in [6.07, 6.45) is 2.69. The van der Waals surface area contributed by atoms with E-state index in [2.05, 4.69) is 94.2 Å². The van der Waals surface area contributed by atoms with Gasteiger partial charge in [0.1, 0.15) is 59.7 Å². The van der Waals surface area contributed by atoms with E-state index < -0.39 is 124 Å². The molecule has 10 amide bonds. The number of hydrogen-bond acceptors (Lipinski definition) is 15. The maximum absolute atomic E-state index is 15.6. The maximum atomic E-state index is 15.6. The van der Waals surface area contributed by atoms with Crippen molar-refractivity contribution >= 4 is 114 Å². The molecule has 24 nitrogen and oxygen atoms in total. The molecule has 0 radical (unpaired) electrons. The number of para-hydroxylation sites is 2. The number of fused-ring (bicyclic) bond motifs is 2. The van der Waals surface area contributed by atoms with Gasteiger partial charge >= 0.3 is 6.09 Å². The van der Waals surface area contributed by atoms with Crippen LogP contribution in [0.1, 0.15) is 99.2 Å². The Bertz CT molecular complexity index is 4560. The Morgan fingerprint density at radius 3 is 1.67 bits per heavy atom. The van der Waals surface area contributed by atoms with E-state index >= 15 is 28.8 Å². The number of aromatic nitrogens is 2. The summed E-state index contributed by atoms with van der Waals surface area (Å²) in [4.78, 5) is 154. The first-order valence-corrected chi connectivity index (χ1v) is 40.5. The number of phenols is 1. The molecule has 111 heavy (non-hydrogen) atoms. The van der Waals surface area contributed by atoms with Crippen LogP contribution in [0.2, 0.25) is 0 Å². The molecule has 1 saturated heterocycles. The third-order valence-electron chi connectivity index (χ3n) is 18.9. The second kappa shape index (κ2) is 39.6. The number of primary amides is 1. The average Bonchev–Trinajstić information content (AvgIpc) is 1.48. The van der Waals surface area contributed by atoms with Gasteiger partial charge in [-0.25, -0.2) is 4.79 Å². The molecule has 0 aliphatic carbocycles. The molecule has 0 unspecified atom stereocenters. The van der Waals surface area contributed by atoms with E-state index in [1.165, 1.54) is 12.1 Å². The van der Waals surface area contributed by atoms with E-state index in [0.717, 1.165) is 60.1 Å². The summed E-state index contributed by atoms with van der Waals surface area (Å²) in [5.74, 6) is -8.15. The van der Waals surface area contributed by atoms with Crippen LogP contribution in [0.3, 0.4) is 0 Å². The zero-order chi connectivity index (χ0) is 79.0. The fraction of sp³-hybridized carbons (Fsp3) is 0.333. The van der Waals surface area contributed by atoms with Gasteiger partial charge in [0, 0.05) is 90.1 Å². The molecule has 2 aromatic heterocycles. The molecule has 9 aromatic rings. The van der Waals surface area contributed by atoms with Crippen LogP contribution in [0.5, 0.6) is 5.75 Å². The van der Waals surface area contributed by atoms with Crippen molar-refractivity contribution in [2.24, 2.45) is 11.7 Å². The summed E-state index contributed by atoms with van der Waals surface area (Å²) in [7, 11) is 2.04. The summed E-state index contributed by atoms with van der Waals surface area (Å²) in [6, 6.07) is 48.3. The van der Waals surface area contributed by atoms with Crippen molar-refractivity contribution in [3.8, 4) is 5.75 Å². The van der Waals surface area contributed by atoms with Gasteiger partial charge in [0.15, 0.2) is 0 Å². The van der Waals surface area contributed by atoms with E-state index in [4.69, 9.17) is 10.5 Å². The highest BCUT2D eigenvalue weighted by atomic mass is 33.1. The number of unbranched alkanes of at least 4 members (excludes halogenated alkanes) is 1. The summed E-state index contributed by atoms with van der Waals surface area (Å²) in [5, 5.41) is 37.6. The molecule has 8 atom stereocenters. The smallest absolute Gasteiger partial charge is 0.407 e. The first kappa shape index (κ1) is 82.5. The predicted octanol–water partition coefficient (Wildman–Crippen LogP) is 8.85. The number of alkyl carbamates (subject to hydrolysis) is 1. The number of H-pyrrole nitrogens is 2. The number of nitrogens with two attached hydrogens (primary N) is 1. The van der Waals surface area contributed by atoms with Crippen LogP contribution in [0.25, 0.3) is 21.8 Å². The van der Waals surface area contributed by atoms with Crippen molar-refractivity contribution in [1.29, 1.82) is 0 Å². The minimum absolute atomic E-state index is 0.0252. The van der Waals surface area contributed by atoms with Gasteiger partial charge in [-0.1, -0.05) is 205 Å². The molecule has 7 aromatic carbocycles. The number of nitrogens with one attached hydrogen (secondary N) is 11. The number of ether oxygens (including phenoxy) is 1. The number of aromatic amines is 2. The molecular weight excluding hydrogens is 1470 g/mol. The van der Waals surface area contributed by atoms with Crippen molar-refractivity contribution in [2.45, 2.75) is 145 Å². The first-order chi connectivity index (χ1) is 53.4. The van der Waals surface area contributed by atoms with Crippen molar-refractivity contribution in [3.63, 3.8) is 0 Å². The Morgan fingerprint density at radius 2 is 1.08 bits per heavy atom. The lowest BCUT2D eigenvalue weighted by molar-refractivity contribution is -0.136. The normalized spacial score (nSPS) is 18.4. The summed E-state index contributed by atoms with van der Waals surface area (Å²) < 4.78 is 4.66. The quantitative estimate of drug-likeness (QED) is 0.0130. The predicted molar refractivity (Wildman–Crippen MR) is 435 cm³/mol. The Kier molecular flexibility index (Phi) is 29.4. The van der Waals surface area contributed by atoms with Crippen LogP contribution in [0.4, 0.5) is 4.79 Å². The zero-order valence-electron chi connectivity index (χ0n) is 62.6. The van der Waals surface area contributed by atoms with E-state index in [-0.39, 0.29) is 74.5 Å². The first-order valence-electron chi connectivity index (χ1n) is 37.1. The van der Waals surface area contributed by atoms with Crippen LogP contribution in [0, 0.1) is 5.92 Å². The Hall–Kier alpha value is -11.0. The standard InChI is InChI=1S/C84H96N12O12S3/c1-52(2)73-81(106)95-71(79(104)91-66(74(85)99)46-55-48-87-63-34-20-18-32-61(55)63)51-111-110-50-70(94-76(101)67(44-53-24-10-6-11-25-53)89-72(98)41-43-109-84(57-26-12-7-13-27-57,58-28-14-8-15-29-58)59-30-16-9-17-31-59)80(105)92-68(45-54-37-39-60(97)40-38-54)77(102)93-69(47-56-49-88-64-35-21-19-33-62(56)64)78(103)90-65(75(100)96-73)36-22-23-42-86-82(107)108-83(3,4)5/h6-21,24-35,37-40,48-49,52,65-71,73,87-88,97H,22-23,36,41-47,50-51H2,1-5H3,(H2,85,99)(H,86,107)(H,89,98)(H,90,103)(H,91,104)(H,92,105)(H,93,102)(H,94,101)(H,95,106)(H,96,100)/t65-,66-,67+,68-,69+,70-,71-,73-/m0/s1. The van der Waals surface area contributed by atoms with E-state index in [1.54, 1.807) is 95.2 Å². The molecule has 1 fully saturated rings. The number of aromatic hydroxyl groups is 1. The molecular formula is C84H96N12O12S3. The number of amides is 10. The molecule has 10 rings (SSSR count). The van der Waals surface area contributed by atoms with Gasteiger partial charge in [-0.3, -0.25) is 43.2 Å². The van der Waals surface area contributed by atoms with Crippen molar-refractivity contribution < 1.29 is 57.8 Å². The number of benzene rings is 7. The number of thioether (sulfide) groups is 1. The summed E-state index contributed by atoms with van der Waals surface area (Å²) >= 11 is 1.57. The molecule has 0 bridgehead atoms. The molecule has 582 valence electrons.